The monoisotopic (exact) mass is 224 g/mol. The van der Waals surface area contributed by atoms with Crippen LogP contribution in [0.3, 0.4) is 0 Å². The Morgan fingerprint density at radius 3 is 2.12 bits per heavy atom. The van der Waals surface area contributed by atoms with Gasteiger partial charge in [0, 0.05) is 0 Å². The number of halogens is 1. The molecule has 0 aliphatic rings. The first kappa shape index (κ1) is 13.0. The summed E-state index contributed by atoms with van der Waals surface area (Å²) in [6, 6.07) is 1.93. The summed E-state index contributed by atoms with van der Waals surface area (Å²) >= 11 is 0. The lowest BCUT2D eigenvalue weighted by Gasteiger charge is -2.24. The third-order valence-electron chi connectivity index (χ3n) is 2.94. The zero-order valence-corrected chi connectivity index (χ0v) is 11.0. The van der Waals surface area contributed by atoms with Gasteiger partial charge in [0.15, 0.2) is 11.6 Å². The van der Waals surface area contributed by atoms with Crippen molar-refractivity contribution in [2.24, 2.45) is 0 Å². The molecule has 1 aromatic carbocycles. The molecular weight excluding hydrogens is 203 g/mol. The quantitative estimate of drug-likeness (QED) is 0.755. The summed E-state index contributed by atoms with van der Waals surface area (Å²) in [5.74, 6) is -0.548. The van der Waals surface area contributed by atoms with Gasteiger partial charge >= 0.3 is 0 Å². The summed E-state index contributed by atoms with van der Waals surface area (Å²) in [6.45, 7) is 11.8. The third kappa shape index (κ3) is 2.21. The number of phenolic OH excluding ortho intramolecular Hbond substituents is 1. The molecule has 0 amide bonds. The van der Waals surface area contributed by atoms with Gasteiger partial charge in [-0.3, -0.25) is 0 Å². The zero-order valence-electron chi connectivity index (χ0n) is 11.0. The summed E-state index contributed by atoms with van der Waals surface area (Å²) in [7, 11) is 0. The Hall–Kier alpha value is -1.05. The van der Waals surface area contributed by atoms with E-state index >= 15 is 0 Å². The maximum Gasteiger partial charge on any atom is 0.168 e. The van der Waals surface area contributed by atoms with E-state index in [4.69, 9.17) is 0 Å². The molecule has 1 rings (SSSR count). The van der Waals surface area contributed by atoms with E-state index in [2.05, 4.69) is 20.8 Å². The van der Waals surface area contributed by atoms with Crippen molar-refractivity contribution in [3.8, 4) is 5.75 Å². The fourth-order valence-corrected chi connectivity index (χ4v) is 1.97. The lowest BCUT2D eigenvalue weighted by Crippen LogP contribution is -2.15. The van der Waals surface area contributed by atoms with Crippen molar-refractivity contribution in [1.29, 1.82) is 0 Å². The fourth-order valence-electron chi connectivity index (χ4n) is 1.97. The summed E-state index contributed by atoms with van der Waals surface area (Å²) in [5, 5.41) is 9.76. The Morgan fingerprint density at radius 1 is 1.25 bits per heavy atom. The van der Waals surface area contributed by atoms with Gasteiger partial charge in [-0.05, 0) is 34.9 Å². The highest BCUT2D eigenvalue weighted by molar-refractivity contribution is 5.46. The summed E-state index contributed by atoms with van der Waals surface area (Å²) in [5.41, 5.74) is 2.09. The van der Waals surface area contributed by atoms with Crippen LogP contribution in [0, 0.1) is 12.7 Å². The first-order valence-corrected chi connectivity index (χ1v) is 5.68. The molecule has 0 fully saturated rings. The minimum Gasteiger partial charge on any atom is -0.505 e. The van der Waals surface area contributed by atoms with Crippen LogP contribution in [0.2, 0.25) is 0 Å². The van der Waals surface area contributed by atoms with Crippen LogP contribution < -0.4 is 0 Å². The average molecular weight is 224 g/mol. The fraction of sp³-hybridized carbons (Fsp3) is 0.571. The van der Waals surface area contributed by atoms with Gasteiger partial charge in [0.25, 0.3) is 0 Å². The topological polar surface area (TPSA) is 20.2 Å². The second kappa shape index (κ2) is 4.08. The molecule has 16 heavy (non-hydrogen) atoms. The van der Waals surface area contributed by atoms with E-state index in [-0.39, 0.29) is 17.1 Å². The Balaban J connectivity index is 3.54. The number of hydrogen-bond acceptors (Lipinski definition) is 1. The molecule has 0 atom stereocenters. The van der Waals surface area contributed by atoms with Crippen LogP contribution in [-0.4, -0.2) is 5.11 Å². The Bertz CT molecular complexity index is 400. The molecule has 0 saturated carbocycles. The summed E-state index contributed by atoms with van der Waals surface area (Å²) in [6.07, 6.45) is 0. The Morgan fingerprint density at radius 2 is 1.75 bits per heavy atom. The molecule has 0 heterocycles. The first-order chi connectivity index (χ1) is 7.16. The van der Waals surface area contributed by atoms with Crippen LogP contribution in [0.4, 0.5) is 4.39 Å². The van der Waals surface area contributed by atoms with Crippen molar-refractivity contribution in [3.05, 3.63) is 28.6 Å². The standard InChI is InChI=1S/C14H21FO/c1-8(2)10-7-11(14(4,5)6)9(3)12(15)13(10)16/h7-8,16H,1-6H3. The molecule has 0 saturated heterocycles. The SMILES string of the molecule is Cc1c(C(C)(C)C)cc(C(C)C)c(O)c1F. The zero-order chi connectivity index (χ0) is 12.7. The van der Waals surface area contributed by atoms with Crippen molar-refractivity contribution in [2.45, 2.75) is 52.9 Å². The minimum atomic E-state index is -0.476. The van der Waals surface area contributed by atoms with E-state index in [1.54, 1.807) is 6.92 Å². The van der Waals surface area contributed by atoms with Crippen LogP contribution in [0.25, 0.3) is 0 Å². The van der Waals surface area contributed by atoms with Gasteiger partial charge in [-0.25, -0.2) is 4.39 Å². The lowest BCUT2D eigenvalue weighted by molar-refractivity contribution is 0.417. The highest BCUT2D eigenvalue weighted by Crippen LogP contribution is 2.36. The third-order valence-corrected chi connectivity index (χ3v) is 2.94. The average Bonchev–Trinajstić information content (AvgIpc) is 2.11. The van der Waals surface area contributed by atoms with Gasteiger partial charge in [-0.1, -0.05) is 40.7 Å². The summed E-state index contributed by atoms with van der Waals surface area (Å²) < 4.78 is 13.9. The van der Waals surface area contributed by atoms with E-state index < -0.39 is 5.82 Å². The van der Waals surface area contributed by atoms with Gasteiger partial charge in [0.05, 0.1) is 0 Å². The van der Waals surface area contributed by atoms with Crippen LogP contribution in [0.15, 0.2) is 6.07 Å². The molecule has 0 bridgehead atoms. The van der Waals surface area contributed by atoms with Gasteiger partial charge in [0.1, 0.15) is 0 Å². The number of benzene rings is 1. The van der Waals surface area contributed by atoms with Gasteiger partial charge < -0.3 is 5.11 Å². The maximum atomic E-state index is 13.9. The van der Waals surface area contributed by atoms with Crippen molar-refractivity contribution >= 4 is 0 Å². The Labute approximate surface area is 97.3 Å². The van der Waals surface area contributed by atoms with Crippen molar-refractivity contribution in [1.82, 2.24) is 0 Å². The second-order valence-corrected chi connectivity index (χ2v) is 5.71. The van der Waals surface area contributed by atoms with Crippen molar-refractivity contribution in [3.63, 3.8) is 0 Å². The van der Waals surface area contributed by atoms with Gasteiger partial charge in [-0.2, -0.15) is 0 Å². The smallest absolute Gasteiger partial charge is 0.168 e. The molecular formula is C14H21FO. The van der Waals surface area contributed by atoms with Crippen LogP contribution >= 0.6 is 0 Å². The number of aromatic hydroxyl groups is 1. The molecule has 1 N–H and O–H groups in total. The molecule has 0 radical (unpaired) electrons. The molecule has 0 aliphatic heterocycles. The lowest BCUT2D eigenvalue weighted by atomic mass is 9.81. The number of phenols is 1. The minimum absolute atomic E-state index is 0.109. The van der Waals surface area contributed by atoms with Crippen LogP contribution in [0.1, 0.15) is 57.2 Å². The number of rotatable bonds is 1. The van der Waals surface area contributed by atoms with Gasteiger partial charge in [0.2, 0.25) is 0 Å². The number of hydrogen-bond donors (Lipinski definition) is 1. The van der Waals surface area contributed by atoms with E-state index in [9.17, 15) is 9.50 Å². The molecule has 0 aliphatic carbocycles. The molecule has 1 nitrogen and oxygen atoms in total. The van der Waals surface area contributed by atoms with E-state index in [1.807, 2.05) is 19.9 Å². The molecule has 0 aromatic heterocycles. The van der Waals surface area contributed by atoms with Crippen molar-refractivity contribution in [2.75, 3.05) is 0 Å². The van der Waals surface area contributed by atoms with E-state index in [0.717, 1.165) is 5.56 Å². The van der Waals surface area contributed by atoms with Crippen LogP contribution in [-0.2, 0) is 5.41 Å². The predicted molar refractivity (Wildman–Crippen MR) is 65.6 cm³/mol. The predicted octanol–water partition coefficient (Wildman–Crippen LogP) is 4.26. The molecule has 2 heteroatoms. The highest BCUT2D eigenvalue weighted by Gasteiger charge is 2.23. The molecule has 90 valence electrons. The summed E-state index contributed by atoms with van der Waals surface area (Å²) in [4.78, 5) is 0. The normalized spacial score (nSPS) is 12.2. The molecule has 0 spiro atoms. The molecule has 0 unspecified atom stereocenters. The largest absolute Gasteiger partial charge is 0.505 e. The Kier molecular flexibility index (Phi) is 3.32. The van der Waals surface area contributed by atoms with Gasteiger partial charge in [-0.15, -0.1) is 0 Å². The first-order valence-electron chi connectivity index (χ1n) is 5.68. The molecule has 1 aromatic rings. The maximum absolute atomic E-state index is 13.9. The van der Waals surface area contributed by atoms with E-state index in [1.165, 1.54) is 0 Å². The van der Waals surface area contributed by atoms with Crippen molar-refractivity contribution < 1.29 is 9.50 Å². The second-order valence-electron chi connectivity index (χ2n) is 5.71. The van der Waals surface area contributed by atoms with Crippen LogP contribution in [0.5, 0.6) is 5.75 Å². The van der Waals surface area contributed by atoms with E-state index in [0.29, 0.717) is 11.1 Å². The highest BCUT2D eigenvalue weighted by atomic mass is 19.1.